The minimum Gasteiger partial charge on any atom is -0.348 e. The summed E-state index contributed by atoms with van der Waals surface area (Å²) in [6.07, 6.45) is 0.831. The van der Waals surface area contributed by atoms with Gasteiger partial charge in [0, 0.05) is 5.92 Å². The van der Waals surface area contributed by atoms with Gasteiger partial charge in [-0.05, 0) is 13.8 Å². The van der Waals surface area contributed by atoms with Crippen molar-refractivity contribution >= 4 is 6.29 Å². The van der Waals surface area contributed by atoms with Crippen molar-refractivity contribution in [2.24, 2.45) is 5.92 Å². The van der Waals surface area contributed by atoms with Gasteiger partial charge in [-0.2, -0.15) is 0 Å². The Hall–Kier alpha value is -0.410. The molecule has 1 saturated heterocycles. The predicted octanol–water partition coefficient (Wildman–Crippen LogP) is 0.973. The lowest BCUT2D eigenvalue weighted by Crippen LogP contribution is -2.25. The van der Waals surface area contributed by atoms with E-state index in [4.69, 9.17) is 9.47 Å². The summed E-state index contributed by atoms with van der Waals surface area (Å²) in [7, 11) is 0. The number of hydrogen-bond acceptors (Lipinski definition) is 3. The molecule has 1 rings (SSSR count). The Bertz CT molecular complexity index is 153. The molecule has 0 unspecified atom stereocenters. The standard InChI is InChI=1S/C8H14O3/c1-6(4-9)7-5-10-8(2,3)11-7/h4,6-7H,5H2,1-3H3/t6-,7+/m0/s1. The largest absolute Gasteiger partial charge is 0.348 e. The average Bonchev–Trinajstić information content (AvgIpc) is 2.29. The van der Waals surface area contributed by atoms with Gasteiger partial charge in [0.05, 0.1) is 12.7 Å². The second-order valence-electron chi connectivity index (χ2n) is 3.36. The molecule has 0 radical (unpaired) electrons. The summed E-state index contributed by atoms with van der Waals surface area (Å²) in [6.45, 7) is 6.06. The van der Waals surface area contributed by atoms with Crippen LogP contribution >= 0.6 is 0 Å². The molecule has 0 aromatic rings. The molecule has 0 amide bonds. The zero-order valence-corrected chi connectivity index (χ0v) is 7.16. The van der Waals surface area contributed by atoms with Crippen LogP contribution in [-0.2, 0) is 14.3 Å². The van der Waals surface area contributed by atoms with Crippen LogP contribution in [0, 0.1) is 5.92 Å². The topological polar surface area (TPSA) is 35.5 Å². The Labute approximate surface area is 66.7 Å². The van der Waals surface area contributed by atoms with E-state index in [-0.39, 0.29) is 12.0 Å². The molecule has 0 N–H and O–H groups in total. The first-order valence-electron chi connectivity index (χ1n) is 3.82. The van der Waals surface area contributed by atoms with E-state index in [0.29, 0.717) is 6.61 Å². The Morgan fingerprint density at radius 2 is 2.27 bits per heavy atom. The summed E-state index contributed by atoms with van der Waals surface area (Å²) in [5, 5.41) is 0. The number of hydrogen-bond donors (Lipinski definition) is 0. The van der Waals surface area contributed by atoms with E-state index in [1.54, 1.807) is 0 Å². The second kappa shape index (κ2) is 2.91. The quantitative estimate of drug-likeness (QED) is 0.562. The van der Waals surface area contributed by atoms with E-state index in [1.165, 1.54) is 0 Å². The average molecular weight is 158 g/mol. The van der Waals surface area contributed by atoms with Crippen molar-refractivity contribution in [3.63, 3.8) is 0 Å². The zero-order chi connectivity index (χ0) is 8.48. The van der Waals surface area contributed by atoms with Gasteiger partial charge in [-0.1, -0.05) is 6.92 Å². The fraction of sp³-hybridized carbons (Fsp3) is 0.875. The highest BCUT2D eigenvalue weighted by molar-refractivity contribution is 5.53. The molecular formula is C8H14O3. The maximum atomic E-state index is 10.4. The molecule has 1 aliphatic heterocycles. The van der Waals surface area contributed by atoms with Crippen molar-refractivity contribution in [3.8, 4) is 0 Å². The van der Waals surface area contributed by atoms with Crippen molar-refractivity contribution in [1.82, 2.24) is 0 Å². The molecule has 3 heteroatoms. The summed E-state index contributed by atoms with van der Waals surface area (Å²) in [4.78, 5) is 10.4. The minimum atomic E-state index is -0.512. The monoisotopic (exact) mass is 158 g/mol. The molecule has 0 aliphatic carbocycles. The van der Waals surface area contributed by atoms with Gasteiger partial charge in [0.2, 0.25) is 0 Å². The summed E-state index contributed by atoms with van der Waals surface area (Å²) < 4.78 is 10.7. The highest BCUT2D eigenvalue weighted by Gasteiger charge is 2.35. The van der Waals surface area contributed by atoms with Gasteiger partial charge in [0.15, 0.2) is 5.79 Å². The number of carbonyl (C=O) groups is 1. The van der Waals surface area contributed by atoms with E-state index >= 15 is 0 Å². The molecule has 1 heterocycles. The van der Waals surface area contributed by atoms with Crippen LogP contribution in [0.15, 0.2) is 0 Å². The van der Waals surface area contributed by atoms with Crippen LogP contribution in [0.3, 0.4) is 0 Å². The van der Waals surface area contributed by atoms with E-state index in [1.807, 2.05) is 20.8 Å². The van der Waals surface area contributed by atoms with E-state index < -0.39 is 5.79 Å². The third-order valence-electron chi connectivity index (χ3n) is 1.83. The van der Waals surface area contributed by atoms with Crippen molar-refractivity contribution in [2.75, 3.05) is 6.61 Å². The van der Waals surface area contributed by atoms with Crippen molar-refractivity contribution in [1.29, 1.82) is 0 Å². The van der Waals surface area contributed by atoms with E-state index in [9.17, 15) is 4.79 Å². The molecule has 1 fully saturated rings. The molecule has 0 spiro atoms. The Morgan fingerprint density at radius 3 is 2.64 bits per heavy atom. The van der Waals surface area contributed by atoms with Crippen molar-refractivity contribution in [2.45, 2.75) is 32.7 Å². The Morgan fingerprint density at radius 1 is 1.64 bits per heavy atom. The highest BCUT2D eigenvalue weighted by atomic mass is 16.7. The van der Waals surface area contributed by atoms with E-state index in [2.05, 4.69) is 0 Å². The van der Waals surface area contributed by atoms with Crippen LogP contribution in [0.1, 0.15) is 20.8 Å². The lowest BCUT2D eigenvalue weighted by Gasteiger charge is -2.18. The minimum absolute atomic E-state index is 0.0671. The maximum absolute atomic E-state index is 10.4. The van der Waals surface area contributed by atoms with Crippen LogP contribution in [0.2, 0.25) is 0 Å². The fourth-order valence-corrected chi connectivity index (χ4v) is 1.06. The molecule has 0 saturated carbocycles. The zero-order valence-electron chi connectivity index (χ0n) is 7.16. The lowest BCUT2D eigenvalue weighted by molar-refractivity contribution is -0.145. The smallest absolute Gasteiger partial charge is 0.163 e. The molecule has 0 aromatic heterocycles. The lowest BCUT2D eigenvalue weighted by atomic mass is 10.1. The number of ether oxygens (including phenoxy) is 2. The summed E-state index contributed by atoms with van der Waals surface area (Å²) in [6, 6.07) is 0. The first-order chi connectivity index (χ1) is 5.05. The highest BCUT2D eigenvalue weighted by Crippen LogP contribution is 2.25. The van der Waals surface area contributed by atoms with Crippen LogP contribution in [0.25, 0.3) is 0 Å². The number of carbonyl (C=O) groups excluding carboxylic acids is 1. The predicted molar refractivity (Wildman–Crippen MR) is 40.1 cm³/mol. The maximum Gasteiger partial charge on any atom is 0.163 e. The summed E-state index contributed by atoms with van der Waals surface area (Å²) >= 11 is 0. The van der Waals surface area contributed by atoms with Crippen LogP contribution < -0.4 is 0 Å². The van der Waals surface area contributed by atoms with Gasteiger partial charge in [-0.15, -0.1) is 0 Å². The molecule has 11 heavy (non-hydrogen) atoms. The Balaban J connectivity index is 2.47. The number of aldehydes is 1. The van der Waals surface area contributed by atoms with Crippen LogP contribution in [-0.4, -0.2) is 24.8 Å². The van der Waals surface area contributed by atoms with Gasteiger partial charge < -0.3 is 14.3 Å². The van der Waals surface area contributed by atoms with Gasteiger partial charge in [0.25, 0.3) is 0 Å². The molecule has 2 atom stereocenters. The first-order valence-corrected chi connectivity index (χ1v) is 3.82. The summed E-state index contributed by atoms with van der Waals surface area (Å²) in [5.74, 6) is -0.584. The molecule has 3 nitrogen and oxygen atoms in total. The fourth-order valence-electron chi connectivity index (χ4n) is 1.06. The molecule has 1 aliphatic rings. The SMILES string of the molecule is C[C@@H](C=O)[C@H]1COC(C)(C)O1. The van der Waals surface area contributed by atoms with Crippen molar-refractivity contribution < 1.29 is 14.3 Å². The van der Waals surface area contributed by atoms with Crippen molar-refractivity contribution in [3.05, 3.63) is 0 Å². The van der Waals surface area contributed by atoms with Gasteiger partial charge in [-0.3, -0.25) is 0 Å². The molecular weight excluding hydrogens is 144 g/mol. The Kier molecular flexibility index (Phi) is 2.30. The molecule has 0 aromatic carbocycles. The normalized spacial score (nSPS) is 31.7. The second-order valence-corrected chi connectivity index (χ2v) is 3.36. The van der Waals surface area contributed by atoms with Gasteiger partial charge >= 0.3 is 0 Å². The third-order valence-corrected chi connectivity index (χ3v) is 1.83. The molecule has 64 valence electrons. The molecule has 0 bridgehead atoms. The van der Waals surface area contributed by atoms with Crippen LogP contribution in [0.4, 0.5) is 0 Å². The number of rotatable bonds is 2. The van der Waals surface area contributed by atoms with Gasteiger partial charge in [0.1, 0.15) is 6.29 Å². The van der Waals surface area contributed by atoms with Crippen LogP contribution in [0.5, 0.6) is 0 Å². The van der Waals surface area contributed by atoms with Gasteiger partial charge in [-0.25, -0.2) is 0 Å². The summed E-state index contributed by atoms with van der Waals surface area (Å²) in [5.41, 5.74) is 0. The van der Waals surface area contributed by atoms with E-state index in [0.717, 1.165) is 6.29 Å². The third kappa shape index (κ3) is 2.01. The first kappa shape index (κ1) is 8.68.